The molecule has 0 spiro atoms. The number of piperazine rings is 1. The van der Waals surface area contributed by atoms with Gasteiger partial charge in [0.2, 0.25) is 5.91 Å². The molecule has 0 atom stereocenters. The Hall–Kier alpha value is -2.09. The van der Waals surface area contributed by atoms with Crippen LogP contribution in [0, 0.1) is 0 Å². The second kappa shape index (κ2) is 9.21. The third-order valence-electron chi connectivity index (χ3n) is 4.69. The molecule has 2 aromatic rings. The summed E-state index contributed by atoms with van der Waals surface area (Å²) in [6, 6.07) is 7.35. The molecule has 0 saturated carbocycles. The number of nitrogens with zero attached hydrogens (tertiary/aromatic N) is 2. The van der Waals surface area contributed by atoms with E-state index in [9.17, 15) is 9.59 Å². The number of halogens is 1. The number of benzene rings is 1. The summed E-state index contributed by atoms with van der Waals surface area (Å²) in [6.07, 6.45) is 0.806. The summed E-state index contributed by atoms with van der Waals surface area (Å²) in [4.78, 5) is 31.7. The van der Waals surface area contributed by atoms with Gasteiger partial charge in [0.15, 0.2) is 0 Å². The van der Waals surface area contributed by atoms with Gasteiger partial charge in [-0.05, 0) is 30.7 Å². The van der Waals surface area contributed by atoms with Crippen molar-refractivity contribution in [3.63, 3.8) is 0 Å². The zero-order chi connectivity index (χ0) is 19.2. The first-order chi connectivity index (χ1) is 13.1. The minimum absolute atomic E-state index is 0.0124. The average molecular weight is 393 g/mol. The van der Waals surface area contributed by atoms with Crippen LogP contribution in [-0.4, -0.2) is 79.6 Å². The van der Waals surface area contributed by atoms with E-state index in [4.69, 9.17) is 16.3 Å². The highest BCUT2D eigenvalue weighted by atomic mass is 35.5. The van der Waals surface area contributed by atoms with Crippen LogP contribution in [-0.2, 0) is 9.53 Å². The molecule has 2 amide bonds. The molecule has 146 valence electrons. The number of H-pyrrole nitrogens is 1. The Kier molecular flexibility index (Phi) is 6.71. The van der Waals surface area contributed by atoms with Gasteiger partial charge >= 0.3 is 0 Å². The molecule has 1 aromatic heterocycles. The number of rotatable bonds is 7. The summed E-state index contributed by atoms with van der Waals surface area (Å²) < 4.78 is 4.96. The predicted octanol–water partition coefficient (Wildman–Crippen LogP) is 1.73. The number of hydrogen-bond donors (Lipinski definition) is 2. The largest absolute Gasteiger partial charge is 0.385 e. The van der Waals surface area contributed by atoms with Crippen LogP contribution >= 0.6 is 11.6 Å². The van der Waals surface area contributed by atoms with Crippen molar-refractivity contribution < 1.29 is 14.3 Å². The fourth-order valence-corrected chi connectivity index (χ4v) is 3.38. The van der Waals surface area contributed by atoms with Gasteiger partial charge in [-0.3, -0.25) is 14.5 Å². The highest BCUT2D eigenvalue weighted by Crippen LogP contribution is 2.21. The van der Waals surface area contributed by atoms with Gasteiger partial charge in [0.1, 0.15) is 5.69 Å². The Morgan fingerprint density at radius 1 is 1.22 bits per heavy atom. The van der Waals surface area contributed by atoms with Gasteiger partial charge in [0.05, 0.1) is 6.54 Å². The first kappa shape index (κ1) is 19.7. The molecule has 0 unspecified atom stereocenters. The van der Waals surface area contributed by atoms with E-state index in [1.165, 1.54) is 0 Å². The minimum Gasteiger partial charge on any atom is -0.385 e. The molecule has 1 aliphatic rings. The monoisotopic (exact) mass is 392 g/mol. The van der Waals surface area contributed by atoms with Gasteiger partial charge in [-0.25, -0.2) is 0 Å². The number of aromatic nitrogens is 1. The normalized spacial score (nSPS) is 15.3. The second-order valence-electron chi connectivity index (χ2n) is 6.68. The van der Waals surface area contributed by atoms with Gasteiger partial charge in [0.25, 0.3) is 5.91 Å². The van der Waals surface area contributed by atoms with Gasteiger partial charge < -0.3 is 19.9 Å². The molecule has 3 rings (SSSR count). The maximum Gasteiger partial charge on any atom is 0.270 e. The Bertz CT molecular complexity index is 799. The summed E-state index contributed by atoms with van der Waals surface area (Å²) in [6.45, 7) is 4.20. The first-order valence-corrected chi connectivity index (χ1v) is 9.50. The number of carbonyl (C=O) groups excluding carboxylic acids is 2. The van der Waals surface area contributed by atoms with E-state index < -0.39 is 0 Å². The van der Waals surface area contributed by atoms with Crippen molar-refractivity contribution in [1.29, 1.82) is 0 Å². The van der Waals surface area contributed by atoms with Crippen molar-refractivity contribution in [2.75, 3.05) is 53.0 Å². The van der Waals surface area contributed by atoms with Crippen LogP contribution in [0.5, 0.6) is 0 Å². The lowest BCUT2D eigenvalue weighted by molar-refractivity contribution is -0.122. The molecule has 7 nitrogen and oxygen atoms in total. The molecular formula is C19H25ClN4O3. The summed E-state index contributed by atoms with van der Waals surface area (Å²) in [5.74, 6) is -0.00985. The molecule has 0 aliphatic carbocycles. The number of hydrogen-bond acceptors (Lipinski definition) is 4. The van der Waals surface area contributed by atoms with Crippen LogP contribution < -0.4 is 5.32 Å². The SMILES string of the molecule is COCCCNC(=O)CN1CCN(C(=O)c2cc3cc(Cl)ccc3[nH]2)CC1. The van der Waals surface area contributed by atoms with E-state index in [2.05, 4.69) is 15.2 Å². The summed E-state index contributed by atoms with van der Waals surface area (Å²) >= 11 is 6.01. The van der Waals surface area contributed by atoms with E-state index in [1.807, 2.05) is 23.1 Å². The fourth-order valence-electron chi connectivity index (χ4n) is 3.20. The lowest BCUT2D eigenvalue weighted by atomic mass is 10.2. The van der Waals surface area contributed by atoms with Crippen LogP contribution in [0.15, 0.2) is 24.3 Å². The number of amides is 2. The van der Waals surface area contributed by atoms with E-state index in [0.717, 1.165) is 17.3 Å². The Morgan fingerprint density at radius 3 is 2.74 bits per heavy atom. The maximum atomic E-state index is 12.7. The highest BCUT2D eigenvalue weighted by Gasteiger charge is 2.24. The van der Waals surface area contributed by atoms with E-state index in [-0.39, 0.29) is 11.8 Å². The van der Waals surface area contributed by atoms with Crippen molar-refractivity contribution in [2.45, 2.75) is 6.42 Å². The van der Waals surface area contributed by atoms with Crippen molar-refractivity contribution in [3.05, 3.63) is 35.0 Å². The fraction of sp³-hybridized carbons (Fsp3) is 0.474. The number of carbonyl (C=O) groups is 2. The van der Waals surface area contributed by atoms with Crippen LogP contribution in [0.25, 0.3) is 10.9 Å². The highest BCUT2D eigenvalue weighted by molar-refractivity contribution is 6.31. The van der Waals surface area contributed by atoms with Gasteiger partial charge in [0, 0.05) is 62.4 Å². The van der Waals surface area contributed by atoms with Gasteiger partial charge in [-0.1, -0.05) is 11.6 Å². The molecule has 1 fully saturated rings. The standard InChI is InChI=1S/C19H25ClN4O3/c1-27-10-2-5-21-18(25)13-23-6-8-24(9-7-23)19(26)17-12-14-11-15(20)3-4-16(14)22-17/h3-4,11-12,22H,2,5-10,13H2,1H3,(H,21,25). The van der Waals surface area contributed by atoms with E-state index in [1.54, 1.807) is 13.2 Å². The third-order valence-corrected chi connectivity index (χ3v) is 4.92. The quantitative estimate of drug-likeness (QED) is 0.703. The topological polar surface area (TPSA) is 77.7 Å². The number of aromatic amines is 1. The molecule has 1 aliphatic heterocycles. The third kappa shape index (κ3) is 5.22. The molecule has 1 saturated heterocycles. The van der Waals surface area contributed by atoms with Crippen LogP contribution in [0.2, 0.25) is 5.02 Å². The lowest BCUT2D eigenvalue weighted by Crippen LogP contribution is -2.51. The average Bonchev–Trinajstić information content (AvgIpc) is 3.08. The number of fused-ring (bicyclic) bond motifs is 1. The van der Waals surface area contributed by atoms with Crippen molar-refractivity contribution in [1.82, 2.24) is 20.1 Å². The zero-order valence-corrected chi connectivity index (χ0v) is 16.2. The van der Waals surface area contributed by atoms with Crippen LogP contribution in [0.1, 0.15) is 16.9 Å². The zero-order valence-electron chi connectivity index (χ0n) is 15.5. The van der Waals surface area contributed by atoms with Crippen LogP contribution in [0.4, 0.5) is 0 Å². The van der Waals surface area contributed by atoms with Gasteiger partial charge in [-0.2, -0.15) is 0 Å². The second-order valence-corrected chi connectivity index (χ2v) is 7.12. The Balaban J connectivity index is 1.48. The predicted molar refractivity (Wildman–Crippen MR) is 105 cm³/mol. The van der Waals surface area contributed by atoms with Crippen molar-refractivity contribution in [3.8, 4) is 0 Å². The Labute approximate surface area is 163 Å². The summed E-state index contributed by atoms with van der Waals surface area (Å²) in [5, 5.41) is 4.46. The Morgan fingerprint density at radius 2 is 2.00 bits per heavy atom. The molecule has 0 bridgehead atoms. The molecule has 27 heavy (non-hydrogen) atoms. The number of methoxy groups -OCH3 is 1. The smallest absolute Gasteiger partial charge is 0.270 e. The molecule has 8 heteroatoms. The maximum absolute atomic E-state index is 12.7. The lowest BCUT2D eigenvalue weighted by Gasteiger charge is -2.34. The minimum atomic E-state index is -0.0222. The number of ether oxygens (including phenoxy) is 1. The molecule has 2 heterocycles. The molecule has 2 N–H and O–H groups in total. The van der Waals surface area contributed by atoms with Crippen molar-refractivity contribution in [2.24, 2.45) is 0 Å². The molecule has 1 aromatic carbocycles. The summed E-state index contributed by atoms with van der Waals surface area (Å²) in [5.41, 5.74) is 1.46. The van der Waals surface area contributed by atoms with Crippen molar-refractivity contribution >= 4 is 34.3 Å². The van der Waals surface area contributed by atoms with Gasteiger partial charge in [-0.15, -0.1) is 0 Å². The van der Waals surface area contributed by atoms with E-state index >= 15 is 0 Å². The molecular weight excluding hydrogens is 368 g/mol. The molecule has 0 radical (unpaired) electrons. The summed E-state index contributed by atoms with van der Waals surface area (Å²) in [7, 11) is 1.65. The first-order valence-electron chi connectivity index (χ1n) is 9.12. The van der Waals surface area contributed by atoms with E-state index in [0.29, 0.717) is 56.6 Å². The number of nitrogens with one attached hydrogen (secondary N) is 2. The van der Waals surface area contributed by atoms with Crippen LogP contribution in [0.3, 0.4) is 0 Å².